The van der Waals surface area contributed by atoms with E-state index in [0.717, 1.165) is 44.5 Å². The highest BCUT2D eigenvalue weighted by molar-refractivity contribution is 6.18. The van der Waals surface area contributed by atoms with Gasteiger partial charge in [-0.2, -0.15) is 0 Å². The summed E-state index contributed by atoms with van der Waals surface area (Å²) in [6, 6.07) is 58.1. The monoisotopic (exact) mass is 654 g/mol. The van der Waals surface area contributed by atoms with Crippen LogP contribution in [0.4, 0.5) is 0 Å². The predicted molar refractivity (Wildman–Crippen MR) is 213 cm³/mol. The van der Waals surface area contributed by atoms with E-state index >= 15 is 0 Å². The number of rotatable bonds is 4. The second-order valence-corrected chi connectivity index (χ2v) is 13.6. The number of hydrogen-bond acceptors (Lipinski definition) is 3. The van der Waals surface area contributed by atoms with Gasteiger partial charge in [-0.15, -0.1) is 0 Å². The van der Waals surface area contributed by atoms with Crippen LogP contribution in [0.15, 0.2) is 185 Å². The second kappa shape index (κ2) is 11.9. The summed E-state index contributed by atoms with van der Waals surface area (Å²) in [5, 5.41) is 13.5. The van der Waals surface area contributed by atoms with Gasteiger partial charge in [0.15, 0.2) is 0 Å². The van der Waals surface area contributed by atoms with E-state index in [4.69, 9.17) is 9.41 Å². The number of aliphatic imine (C=N–C) groups is 1. The Bertz CT molecular complexity index is 2860. The van der Waals surface area contributed by atoms with Gasteiger partial charge in [-0.1, -0.05) is 152 Å². The van der Waals surface area contributed by atoms with Crippen LogP contribution < -0.4 is 5.32 Å². The molecule has 0 amide bonds. The van der Waals surface area contributed by atoms with Crippen LogP contribution in [0.2, 0.25) is 0 Å². The molecule has 9 aromatic rings. The van der Waals surface area contributed by atoms with Gasteiger partial charge in [-0.05, 0) is 79.7 Å². The van der Waals surface area contributed by atoms with Gasteiger partial charge in [0.1, 0.15) is 17.0 Å². The fourth-order valence-corrected chi connectivity index (χ4v) is 8.07. The normalized spacial score (nSPS) is 16.3. The first kappa shape index (κ1) is 29.5. The molecule has 0 spiro atoms. The molecule has 0 radical (unpaired) electrons. The van der Waals surface area contributed by atoms with E-state index in [9.17, 15) is 0 Å². The first-order valence-electron chi connectivity index (χ1n) is 17.6. The molecule has 2 unspecified atom stereocenters. The van der Waals surface area contributed by atoms with Crippen LogP contribution in [0.5, 0.6) is 0 Å². The van der Waals surface area contributed by atoms with Gasteiger partial charge < -0.3 is 9.73 Å². The molecule has 10 rings (SSSR count). The van der Waals surface area contributed by atoms with Crippen molar-refractivity contribution in [3.8, 4) is 11.1 Å². The van der Waals surface area contributed by atoms with Gasteiger partial charge in [-0.25, -0.2) is 0 Å². The fourth-order valence-electron chi connectivity index (χ4n) is 8.07. The Morgan fingerprint density at radius 1 is 0.549 bits per heavy atom. The smallest absolute Gasteiger partial charge is 0.143 e. The number of hydrogen-bond donors (Lipinski definition) is 1. The highest BCUT2D eigenvalue weighted by Crippen LogP contribution is 2.43. The molecule has 3 heteroatoms. The first-order valence-corrected chi connectivity index (χ1v) is 17.6. The van der Waals surface area contributed by atoms with Crippen LogP contribution >= 0.6 is 0 Å². The van der Waals surface area contributed by atoms with E-state index in [1.807, 2.05) is 0 Å². The van der Waals surface area contributed by atoms with Crippen molar-refractivity contribution in [1.29, 1.82) is 0 Å². The molecule has 0 aliphatic carbocycles. The molecule has 1 aromatic heterocycles. The summed E-state index contributed by atoms with van der Waals surface area (Å²) in [5.41, 5.74) is 8.65. The van der Waals surface area contributed by atoms with Crippen LogP contribution in [0.25, 0.3) is 65.4 Å². The Hall–Kier alpha value is -6.45. The standard InChI is InChI=1S/C48H34N2O/c1-30-27-43(49-48(32-14-3-2-4-15-32)50-46(30)35-26-25-31-13-5-6-16-33(31)28-35)40-22-12-24-44-45(40)41-23-11-21-39(47(41)51-44)42-29-34-17-7-8-18-36(34)37-19-9-10-20-38(37)42/h2-29,43,46H,1H3,(H,49,50). The molecular weight excluding hydrogens is 621 g/mol. The Morgan fingerprint density at radius 2 is 1.25 bits per heavy atom. The molecule has 0 saturated carbocycles. The maximum atomic E-state index is 6.85. The Labute approximate surface area is 296 Å². The summed E-state index contributed by atoms with van der Waals surface area (Å²) >= 11 is 0. The number of benzene rings is 8. The third-order valence-corrected chi connectivity index (χ3v) is 10.5. The zero-order chi connectivity index (χ0) is 33.9. The van der Waals surface area contributed by atoms with Crippen LogP contribution in [0, 0.1) is 0 Å². The third-order valence-electron chi connectivity index (χ3n) is 10.5. The quantitative estimate of drug-likeness (QED) is 0.151. The molecule has 51 heavy (non-hydrogen) atoms. The molecule has 1 aliphatic heterocycles. The minimum absolute atomic E-state index is 0.129. The average Bonchev–Trinajstić information content (AvgIpc) is 3.49. The van der Waals surface area contributed by atoms with E-state index < -0.39 is 0 Å². The second-order valence-electron chi connectivity index (χ2n) is 13.6. The zero-order valence-corrected chi connectivity index (χ0v) is 28.2. The van der Waals surface area contributed by atoms with E-state index in [1.54, 1.807) is 0 Å². The number of nitrogens with one attached hydrogen (secondary N) is 1. The number of nitrogens with zero attached hydrogens (tertiary/aromatic N) is 1. The number of amidine groups is 1. The third kappa shape index (κ3) is 4.93. The lowest BCUT2D eigenvalue weighted by molar-refractivity contribution is 0.669. The van der Waals surface area contributed by atoms with Crippen molar-refractivity contribution in [1.82, 2.24) is 5.32 Å². The van der Waals surface area contributed by atoms with E-state index in [1.165, 1.54) is 49.0 Å². The highest BCUT2D eigenvalue weighted by atomic mass is 16.3. The molecule has 1 N–H and O–H groups in total. The Balaban J connectivity index is 1.16. The maximum Gasteiger partial charge on any atom is 0.143 e. The number of fused-ring (bicyclic) bond motifs is 7. The fraction of sp³-hybridized carbons (Fsp3) is 0.0625. The Kier molecular flexibility index (Phi) is 6.85. The van der Waals surface area contributed by atoms with Crippen molar-refractivity contribution in [3.63, 3.8) is 0 Å². The van der Waals surface area contributed by atoms with Gasteiger partial charge >= 0.3 is 0 Å². The predicted octanol–water partition coefficient (Wildman–Crippen LogP) is 12.5. The summed E-state index contributed by atoms with van der Waals surface area (Å²) in [6.07, 6.45) is 2.35. The molecular formula is C48H34N2O. The van der Waals surface area contributed by atoms with Crippen molar-refractivity contribution < 1.29 is 4.42 Å². The lowest BCUT2D eigenvalue weighted by Crippen LogP contribution is -2.27. The Morgan fingerprint density at radius 3 is 2.12 bits per heavy atom. The van der Waals surface area contributed by atoms with Gasteiger partial charge in [-0.3, -0.25) is 4.99 Å². The number of furan rings is 1. The molecule has 2 heterocycles. The van der Waals surface area contributed by atoms with Crippen LogP contribution in [0.1, 0.15) is 35.7 Å². The van der Waals surface area contributed by atoms with Crippen molar-refractivity contribution in [2.45, 2.75) is 19.0 Å². The summed E-state index contributed by atoms with van der Waals surface area (Å²) in [7, 11) is 0. The van der Waals surface area contributed by atoms with Crippen molar-refractivity contribution in [2.75, 3.05) is 0 Å². The average molecular weight is 655 g/mol. The van der Waals surface area contributed by atoms with E-state index in [0.29, 0.717) is 0 Å². The van der Waals surface area contributed by atoms with Crippen molar-refractivity contribution >= 4 is 60.1 Å². The summed E-state index contributed by atoms with van der Waals surface area (Å²) in [6.45, 7) is 2.21. The van der Waals surface area contributed by atoms with Crippen LogP contribution in [-0.4, -0.2) is 5.84 Å². The first-order chi connectivity index (χ1) is 25.2. The minimum atomic E-state index is -0.135. The molecule has 1 aliphatic rings. The van der Waals surface area contributed by atoms with Gasteiger partial charge in [0.25, 0.3) is 0 Å². The van der Waals surface area contributed by atoms with E-state index in [2.05, 4.69) is 182 Å². The topological polar surface area (TPSA) is 37.5 Å². The number of para-hydroxylation sites is 1. The lowest BCUT2D eigenvalue weighted by atomic mass is 9.91. The zero-order valence-electron chi connectivity index (χ0n) is 28.2. The minimum Gasteiger partial charge on any atom is -0.455 e. The van der Waals surface area contributed by atoms with E-state index in [-0.39, 0.29) is 12.1 Å². The van der Waals surface area contributed by atoms with Gasteiger partial charge in [0, 0.05) is 21.9 Å². The van der Waals surface area contributed by atoms with Crippen molar-refractivity contribution in [3.05, 3.63) is 192 Å². The molecule has 2 atom stereocenters. The van der Waals surface area contributed by atoms with Gasteiger partial charge in [0.05, 0.1) is 12.1 Å². The SMILES string of the molecule is CC1=CC(c2cccc3oc4c(-c5cc6ccccc6c6ccccc56)cccc4c23)NC(c2ccccc2)=NC1c1ccc2ccccc2c1. The van der Waals surface area contributed by atoms with Crippen LogP contribution in [0.3, 0.4) is 0 Å². The summed E-state index contributed by atoms with van der Waals surface area (Å²) in [4.78, 5) is 5.43. The summed E-state index contributed by atoms with van der Waals surface area (Å²) < 4.78 is 6.85. The lowest BCUT2D eigenvalue weighted by Gasteiger charge is -2.18. The van der Waals surface area contributed by atoms with Crippen LogP contribution in [-0.2, 0) is 0 Å². The largest absolute Gasteiger partial charge is 0.455 e. The molecule has 8 aromatic carbocycles. The molecule has 0 saturated heterocycles. The molecule has 0 bridgehead atoms. The molecule has 242 valence electrons. The highest BCUT2D eigenvalue weighted by Gasteiger charge is 2.26. The summed E-state index contributed by atoms with van der Waals surface area (Å²) in [5.74, 6) is 0.875. The van der Waals surface area contributed by atoms with Crippen molar-refractivity contribution in [2.24, 2.45) is 4.99 Å². The van der Waals surface area contributed by atoms with Gasteiger partial charge in [0.2, 0.25) is 0 Å². The maximum absolute atomic E-state index is 6.85. The molecule has 3 nitrogen and oxygen atoms in total. The molecule has 0 fully saturated rings.